The Bertz CT molecular complexity index is 1070. The minimum atomic E-state index is -0.272. The smallest absolute Gasteiger partial charge is 0.268 e. The first-order chi connectivity index (χ1) is 12.6. The Hall–Kier alpha value is -3.11. The van der Waals surface area contributed by atoms with Crippen LogP contribution in [0.15, 0.2) is 29.6 Å². The van der Waals surface area contributed by atoms with Crippen LogP contribution in [-0.2, 0) is 6.54 Å². The summed E-state index contributed by atoms with van der Waals surface area (Å²) in [6.07, 6.45) is 0.264. The third-order valence-electron chi connectivity index (χ3n) is 4.52. The van der Waals surface area contributed by atoms with Crippen LogP contribution in [0.4, 0.5) is 0 Å². The summed E-state index contributed by atoms with van der Waals surface area (Å²) in [6.45, 7) is 0.717. The first kappa shape index (κ1) is 16.4. The Labute approximate surface area is 153 Å². The lowest BCUT2D eigenvalue weighted by Crippen LogP contribution is -2.25. The summed E-state index contributed by atoms with van der Waals surface area (Å²) in [5, 5.41) is 14.0. The molecule has 0 atom stereocenters. The van der Waals surface area contributed by atoms with E-state index in [2.05, 4.69) is 11.4 Å². The van der Waals surface area contributed by atoms with E-state index in [4.69, 9.17) is 4.74 Å². The monoisotopic (exact) mass is 365 g/mol. The van der Waals surface area contributed by atoms with Crippen LogP contribution < -0.4 is 10.1 Å². The van der Waals surface area contributed by atoms with Gasteiger partial charge in [-0.3, -0.25) is 9.59 Å². The lowest BCUT2D eigenvalue weighted by atomic mass is 10.1. The highest BCUT2D eigenvalue weighted by molar-refractivity contribution is 7.18. The molecule has 0 saturated heterocycles. The number of amides is 1. The Morgan fingerprint density at radius 3 is 2.77 bits per heavy atom. The summed E-state index contributed by atoms with van der Waals surface area (Å²) in [6, 6.07) is 9.68. The number of nitrogens with one attached hydrogen (secondary N) is 1. The molecular formula is C19H15N3O3S. The molecule has 130 valence electrons. The Morgan fingerprint density at radius 2 is 2.08 bits per heavy atom. The molecule has 6 nitrogen and oxygen atoms in total. The van der Waals surface area contributed by atoms with Crippen LogP contribution in [0.1, 0.15) is 38.4 Å². The summed E-state index contributed by atoms with van der Waals surface area (Å²) in [7, 11) is 1.60. The van der Waals surface area contributed by atoms with Gasteiger partial charge in [-0.2, -0.15) is 5.26 Å². The van der Waals surface area contributed by atoms with E-state index in [0.717, 1.165) is 11.3 Å². The van der Waals surface area contributed by atoms with E-state index < -0.39 is 0 Å². The van der Waals surface area contributed by atoms with Crippen molar-refractivity contribution in [3.05, 3.63) is 52.0 Å². The van der Waals surface area contributed by atoms with Crippen molar-refractivity contribution >= 4 is 33.2 Å². The third-order valence-corrected chi connectivity index (χ3v) is 5.51. The molecule has 7 heteroatoms. The van der Waals surface area contributed by atoms with Crippen LogP contribution in [0.5, 0.6) is 5.75 Å². The molecule has 0 fully saturated rings. The standard InChI is InChI=1S/C19H15N3O3S/c1-25-13-4-2-11(3-5-13)9-22-16-12(8-20)10-26-18(16)15-14(23)6-7-21-19(24)17(15)22/h2-5,10H,6-7,9H2,1H3,(H,21,24). The maximum absolute atomic E-state index is 12.6. The summed E-state index contributed by atoms with van der Waals surface area (Å²) < 4.78 is 7.69. The van der Waals surface area contributed by atoms with Gasteiger partial charge < -0.3 is 14.6 Å². The molecule has 1 N–H and O–H groups in total. The predicted octanol–water partition coefficient (Wildman–Crippen LogP) is 2.95. The second-order valence-electron chi connectivity index (χ2n) is 6.03. The summed E-state index contributed by atoms with van der Waals surface area (Å²) in [5.41, 5.74) is 2.87. The number of carbonyl (C=O) groups is 2. The van der Waals surface area contributed by atoms with Crippen LogP contribution in [0.25, 0.3) is 10.2 Å². The zero-order chi connectivity index (χ0) is 18.3. The molecule has 0 unspecified atom stereocenters. The molecule has 0 radical (unpaired) electrons. The summed E-state index contributed by atoms with van der Waals surface area (Å²) in [5.74, 6) is 0.404. The number of ether oxygens (including phenoxy) is 1. The molecule has 1 aliphatic heterocycles. The largest absolute Gasteiger partial charge is 0.497 e. The summed E-state index contributed by atoms with van der Waals surface area (Å²) >= 11 is 1.34. The normalized spacial score (nSPS) is 13.8. The number of thiophene rings is 1. The van der Waals surface area contributed by atoms with Crippen LogP contribution in [0.2, 0.25) is 0 Å². The molecule has 1 amide bonds. The van der Waals surface area contributed by atoms with Gasteiger partial charge in [-0.1, -0.05) is 12.1 Å². The number of methoxy groups -OCH3 is 1. The van der Waals surface area contributed by atoms with Gasteiger partial charge in [0.15, 0.2) is 5.78 Å². The molecule has 4 rings (SSSR count). The Kier molecular flexibility index (Phi) is 3.98. The molecule has 2 aromatic heterocycles. The zero-order valence-corrected chi connectivity index (χ0v) is 14.9. The van der Waals surface area contributed by atoms with Crippen LogP contribution in [0, 0.1) is 11.3 Å². The minimum absolute atomic E-state index is 0.0665. The number of nitriles is 1. The van der Waals surface area contributed by atoms with Crippen molar-refractivity contribution in [1.82, 2.24) is 9.88 Å². The van der Waals surface area contributed by atoms with Crippen molar-refractivity contribution in [3.63, 3.8) is 0 Å². The van der Waals surface area contributed by atoms with E-state index in [0.29, 0.717) is 40.1 Å². The molecular weight excluding hydrogens is 350 g/mol. The number of hydrogen-bond acceptors (Lipinski definition) is 5. The van der Waals surface area contributed by atoms with Crippen molar-refractivity contribution in [2.75, 3.05) is 13.7 Å². The van der Waals surface area contributed by atoms with E-state index in [-0.39, 0.29) is 18.1 Å². The molecule has 1 aliphatic rings. The van der Waals surface area contributed by atoms with Gasteiger partial charge in [0.25, 0.3) is 5.91 Å². The average molecular weight is 365 g/mol. The number of nitrogens with zero attached hydrogens (tertiary/aromatic N) is 2. The van der Waals surface area contributed by atoms with Gasteiger partial charge in [-0.05, 0) is 17.7 Å². The fourth-order valence-electron chi connectivity index (χ4n) is 3.30. The number of rotatable bonds is 3. The van der Waals surface area contributed by atoms with E-state index in [1.165, 1.54) is 11.3 Å². The van der Waals surface area contributed by atoms with Gasteiger partial charge >= 0.3 is 0 Å². The number of aromatic nitrogens is 1. The highest BCUT2D eigenvalue weighted by Crippen LogP contribution is 2.36. The van der Waals surface area contributed by atoms with Gasteiger partial charge in [0.2, 0.25) is 0 Å². The van der Waals surface area contributed by atoms with Crippen molar-refractivity contribution in [2.45, 2.75) is 13.0 Å². The molecule has 3 aromatic rings. The highest BCUT2D eigenvalue weighted by Gasteiger charge is 2.31. The van der Waals surface area contributed by atoms with Crippen molar-refractivity contribution in [1.29, 1.82) is 5.26 Å². The van der Waals surface area contributed by atoms with Crippen LogP contribution in [-0.4, -0.2) is 29.9 Å². The Morgan fingerprint density at radius 1 is 1.31 bits per heavy atom. The number of fused-ring (bicyclic) bond motifs is 3. The SMILES string of the molecule is COc1ccc(Cn2c3c(c4scc(C#N)c42)C(=O)CCNC3=O)cc1. The van der Waals surface area contributed by atoms with E-state index in [1.807, 2.05) is 24.3 Å². The lowest BCUT2D eigenvalue weighted by Gasteiger charge is -2.11. The van der Waals surface area contributed by atoms with E-state index in [9.17, 15) is 14.9 Å². The maximum atomic E-state index is 12.6. The lowest BCUT2D eigenvalue weighted by molar-refractivity contribution is 0.0948. The molecule has 0 bridgehead atoms. The fourth-order valence-corrected chi connectivity index (χ4v) is 4.36. The van der Waals surface area contributed by atoms with Gasteiger partial charge in [0, 0.05) is 24.9 Å². The highest BCUT2D eigenvalue weighted by atomic mass is 32.1. The van der Waals surface area contributed by atoms with Gasteiger partial charge in [-0.25, -0.2) is 0 Å². The number of Topliss-reactive ketones (excluding diaryl/α,β-unsaturated/α-hetero) is 1. The minimum Gasteiger partial charge on any atom is -0.497 e. The maximum Gasteiger partial charge on any atom is 0.268 e. The average Bonchev–Trinajstić information content (AvgIpc) is 3.16. The number of hydrogen-bond donors (Lipinski definition) is 1. The van der Waals surface area contributed by atoms with Crippen molar-refractivity contribution in [2.24, 2.45) is 0 Å². The van der Waals surface area contributed by atoms with E-state index in [1.54, 1.807) is 17.1 Å². The molecule has 26 heavy (non-hydrogen) atoms. The fraction of sp³-hybridized carbons (Fsp3) is 0.211. The molecule has 0 aliphatic carbocycles. The van der Waals surface area contributed by atoms with Crippen molar-refractivity contribution in [3.8, 4) is 11.8 Å². The molecule has 0 spiro atoms. The summed E-state index contributed by atoms with van der Waals surface area (Å²) in [4.78, 5) is 25.3. The quantitative estimate of drug-likeness (QED) is 0.773. The van der Waals surface area contributed by atoms with Gasteiger partial charge in [0.1, 0.15) is 17.5 Å². The third kappa shape index (κ3) is 2.47. The van der Waals surface area contributed by atoms with E-state index >= 15 is 0 Å². The van der Waals surface area contributed by atoms with Crippen molar-refractivity contribution < 1.29 is 14.3 Å². The first-order valence-electron chi connectivity index (χ1n) is 8.12. The molecule has 0 saturated carbocycles. The molecule has 3 heterocycles. The Balaban J connectivity index is 1.94. The number of carbonyl (C=O) groups excluding carboxylic acids is 2. The number of ketones is 1. The second kappa shape index (κ2) is 6.32. The second-order valence-corrected chi connectivity index (χ2v) is 6.91. The van der Waals surface area contributed by atoms with Gasteiger partial charge in [-0.15, -0.1) is 11.3 Å². The zero-order valence-electron chi connectivity index (χ0n) is 14.0. The van der Waals surface area contributed by atoms with Gasteiger partial charge in [0.05, 0.1) is 28.5 Å². The first-order valence-corrected chi connectivity index (χ1v) is 9.00. The number of benzene rings is 1. The predicted molar refractivity (Wildman–Crippen MR) is 97.9 cm³/mol. The molecule has 1 aromatic carbocycles. The van der Waals surface area contributed by atoms with Crippen LogP contribution >= 0.6 is 11.3 Å². The van der Waals surface area contributed by atoms with Crippen LogP contribution in [0.3, 0.4) is 0 Å². The topological polar surface area (TPSA) is 84.1 Å².